The molecule has 16 heteroatoms. The second-order valence-corrected chi connectivity index (χ2v) is 10.8. The molecule has 218 valence electrons. The number of fused-ring (bicyclic) bond motifs is 1. The summed E-state index contributed by atoms with van der Waals surface area (Å²) in [7, 11) is 0. The zero-order valence-corrected chi connectivity index (χ0v) is 22.2. The van der Waals surface area contributed by atoms with Crippen LogP contribution in [0.2, 0.25) is 0 Å². The van der Waals surface area contributed by atoms with Gasteiger partial charge in [-0.1, -0.05) is 28.7 Å². The second-order valence-electron chi connectivity index (χ2n) is 9.82. The van der Waals surface area contributed by atoms with Crippen molar-refractivity contribution in [1.82, 2.24) is 25.6 Å². The van der Waals surface area contributed by atoms with Gasteiger partial charge in [0.05, 0.1) is 27.6 Å². The van der Waals surface area contributed by atoms with Gasteiger partial charge in [0.1, 0.15) is 0 Å². The summed E-state index contributed by atoms with van der Waals surface area (Å²) in [5.74, 6) is 0.315. The van der Waals surface area contributed by atoms with Crippen molar-refractivity contribution in [2.75, 3.05) is 18.0 Å². The topological polar surface area (TPSA) is 116 Å². The van der Waals surface area contributed by atoms with Crippen LogP contribution in [-0.4, -0.2) is 50.0 Å². The smallest absolute Gasteiger partial charge is 0.416 e. The molecular weight excluding hydrogens is 586 g/mol. The largest absolute Gasteiger partial charge is 0.492 e. The Balaban J connectivity index is 1.41. The lowest BCUT2D eigenvalue weighted by atomic mass is 9.94. The standard InChI is InChI=1S/C26H20F6N8OS/c27-25(28,29)17-3-1-15(19(11-17)26(30,31)32)10-18(14-2-4-20-16(9-14)12-33-35-20)21-23(41)34-24(42-21)40-7-5-13(6-8-40)22-36-38-39-37-22/h1-4,9,11-13,41H,5-8,10H2,(H,36,37,38,39). The Bertz CT molecular complexity index is 1770. The predicted molar refractivity (Wildman–Crippen MR) is 140 cm³/mol. The minimum atomic E-state index is -5.05. The van der Waals surface area contributed by atoms with Crippen LogP contribution in [0.25, 0.3) is 5.57 Å². The lowest BCUT2D eigenvalue weighted by molar-refractivity contribution is -0.143. The molecule has 9 nitrogen and oxygen atoms in total. The molecule has 0 aliphatic carbocycles. The minimum absolute atomic E-state index is 0.0918. The van der Waals surface area contributed by atoms with Crippen molar-refractivity contribution in [3.05, 3.63) is 79.9 Å². The molecule has 1 saturated heterocycles. The zero-order chi connectivity index (χ0) is 29.6. The Labute approximate surface area is 236 Å². The number of rotatable bonds is 5. The highest BCUT2D eigenvalue weighted by Crippen LogP contribution is 2.41. The van der Waals surface area contributed by atoms with E-state index in [1.165, 1.54) is 6.21 Å². The fraction of sp³-hybridized carbons (Fsp3) is 0.308. The summed E-state index contributed by atoms with van der Waals surface area (Å²) >= 11 is 1.10. The van der Waals surface area contributed by atoms with Crippen LogP contribution in [0.15, 0.2) is 46.6 Å². The van der Waals surface area contributed by atoms with Crippen molar-refractivity contribution in [3.63, 3.8) is 0 Å². The van der Waals surface area contributed by atoms with Crippen LogP contribution in [0.1, 0.15) is 51.7 Å². The first-order valence-corrected chi connectivity index (χ1v) is 13.5. The number of hydrogen-bond donors (Lipinski definition) is 2. The Hall–Kier alpha value is -4.34. The van der Waals surface area contributed by atoms with Crippen LogP contribution in [-0.2, 0) is 18.8 Å². The highest BCUT2D eigenvalue weighted by Gasteiger charge is 2.38. The van der Waals surface area contributed by atoms with Crippen LogP contribution in [0.4, 0.5) is 31.5 Å². The summed E-state index contributed by atoms with van der Waals surface area (Å²) in [6.45, 7) is 1.13. The van der Waals surface area contributed by atoms with E-state index < -0.39 is 29.9 Å². The second kappa shape index (κ2) is 10.5. The number of halogens is 6. The van der Waals surface area contributed by atoms with E-state index >= 15 is 0 Å². The third-order valence-electron chi connectivity index (χ3n) is 7.21. The lowest BCUT2D eigenvalue weighted by Crippen LogP contribution is -2.33. The molecule has 0 unspecified atom stereocenters. The summed E-state index contributed by atoms with van der Waals surface area (Å²) in [6.07, 6.45) is -7.54. The number of aromatic amines is 1. The van der Waals surface area contributed by atoms with Crippen LogP contribution < -0.4 is 15.5 Å². The Morgan fingerprint density at radius 2 is 1.81 bits per heavy atom. The predicted octanol–water partition coefficient (Wildman–Crippen LogP) is 4.19. The van der Waals surface area contributed by atoms with Gasteiger partial charge < -0.3 is 10.0 Å². The van der Waals surface area contributed by atoms with Gasteiger partial charge in [-0.15, -0.1) is 10.2 Å². The summed E-state index contributed by atoms with van der Waals surface area (Å²) in [6, 6.07) is 6.50. The first-order valence-electron chi connectivity index (χ1n) is 12.7. The maximum absolute atomic E-state index is 14.0. The number of benzene rings is 2. The number of tetrazole rings is 1. The molecule has 1 fully saturated rings. The molecular formula is C26H20F6N8OS. The van der Waals surface area contributed by atoms with Crippen molar-refractivity contribution in [2.24, 2.45) is 10.2 Å². The third kappa shape index (κ3) is 5.45. The van der Waals surface area contributed by atoms with E-state index in [2.05, 4.69) is 35.8 Å². The van der Waals surface area contributed by atoms with E-state index in [-0.39, 0.29) is 33.9 Å². The average molecular weight is 607 g/mol. The summed E-state index contributed by atoms with van der Waals surface area (Å²) in [5.41, 5.74) is -2.30. The van der Waals surface area contributed by atoms with E-state index in [9.17, 15) is 31.4 Å². The van der Waals surface area contributed by atoms with Gasteiger partial charge in [0.2, 0.25) is 5.88 Å². The van der Waals surface area contributed by atoms with Gasteiger partial charge in [-0.05, 0) is 53.5 Å². The molecule has 2 aliphatic heterocycles. The molecule has 2 aromatic carbocycles. The molecule has 0 atom stereocenters. The van der Waals surface area contributed by atoms with E-state index in [0.717, 1.165) is 17.4 Å². The number of nitrogens with one attached hydrogen (secondary N) is 1. The van der Waals surface area contributed by atoms with Gasteiger partial charge in [-0.2, -0.15) is 46.7 Å². The SMILES string of the molecule is Oc1nc(N2CCC(c3nn[nH]n3)CC2)sc1C(Cc1ccc(C(F)(F)F)cc1C(F)(F)F)=c1ccc2c(c1)C=NN=2. The van der Waals surface area contributed by atoms with E-state index in [0.29, 0.717) is 59.1 Å². The molecule has 0 radical (unpaired) electrons. The molecule has 0 spiro atoms. The lowest BCUT2D eigenvalue weighted by Gasteiger charge is -2.30. The number of alkyl halides is 6. The summed E-state index contributed by atoms with van der Waals surface area (Å²) < 4.78 is 82.0. The van der Waals surface area contributed by atoms with Gasteiger partial charge in [-0.3, -0.25) is 0 Å². The van der Waals surface area contributed by atoms with E-state index in [1.54, 1.807) is 18.2 Å². The monoisotopic (exact) mass is 606 g/mol. The fourth-order valence-corrected chi connectivity index (χ4v) is 6.15. The molecule has 2 aliphatic rings. The first kappa shape index (κ1) is 27.8. The van der Waals surface area contributed by atoms with Crippen molar-refractivity contribution in [1.29, 1.82) is 0 Å². The van der Waals surface area contributed by atoms with Gasteiger partial charge in [0.25, 0.3) is 0 Å². The minimum Gasteiger partial charge on any atom is -0.492 e. The molecule has 2 N–H and O–H groups in total. The quantitative estimate of drug-likeness (QED) is 0.330. The number of hydrogen-bond acceptors (Lipinski definition) is 9. The van der Waals surface area contributed by atoms with Crippen LogP contribution in [0.3, 0.4) is 0 Å². The van der Waals surface area contributed by atoms with Crippen molar-refractivity contribution >= 4 is 28.3 Å². The zero-order valence-electron chi connectivity index (χ0n) is 21.4. The molecule has 0 amide bonds. The number of aromatic hydroxyl groups is 1. The molecule has 4 heterocycles. The first-order chi connectivity index (χ1) is 20.0. The highest BCUT2D eigenvalue weighted by molar-refractivity contribution is 7.17. The van der Waals surface area contributed by atoms with Crippen LogP contribution in [0.5, 0.6) is 5.88 Å². The molecule has 42 heavy (non-hydrogen) atoms. The number of thiazole rings is 1. The van der Waals surface area contributed by atoms with Crippen molar-refractivity contribution in [3.8, 4) is 5.88 Å². The van der Waals surface area contributed by atoms with Crippen LogP contribution >= 0.6 is 11.3 Å². The molecule has 6 rings (SSSR count). The Morgan fingerprint density at radius 3 is 2.50 bits per heavy atom. The highest BCUT2D eigenvalue weighted by atomic mass is 32.1. The van der Waals surface area contributed by atoms with Gasteiger partial charge in [0.15, 0.2) is 11.0 Å². The van der Waals surface area contributed by atoms with Gasteiger partial charge in [0, 0.05) is 31.0 Å². The molecule has 4 aromatic rings. The number of piperidine rings is 1. The normalized spacial score (nSPS) is 16.5. The maximum Gasteiger partial charge on any atom is 0.416 e. The maximum atomic E-state index is 14.0. The molecule has 0 bridgehead atoms. The Morgan fingerprint density at radius 1 is 1.02 bits per heavy atom. The molecule has 0 saturated carbocycles. The van der Waals surface area contributed by atoms with Crippen molar-refractivity contribution in [2.45, 2.75) is 37.5 Å². The summed E-state index contributed by atoms with van der Waals surface area (Å²) in [4.78, 5) is 6.48. The number of nitrogens with zero attached hydrogens (tertiary/aromatic N) is 7. The summed E-state index contributed by atoms with van der Waals surface area (Å²) in [5, 5.41) is 34.4. The van der Waals surface area contributed by atoms with E-state index in [1.807, 2.05) is 4.90 Å². The van der Waals surface area contributed by atoms with Gasteiger partial charge >= 0.3 is 12.4 Å². The number of anilines is 1. The van der Waals surface area contributed by atoms with Crippen LogP contribution in [0, 0.1) is 0 Å². The fourth-order valence-electron chi connectivity index (χ4n) is 5.07. The average Bonchev–Trinajstić information content (AvgIpc) is 3.72. The Kier molecular flexibility index (Phi) is 6.95. The molecule has 2 aromatic heterocycles. The third-order valence-corrected chi connectivity index (χ3v) is 8.38. The number of H-pyrrole nitrogens is 1. The number of aromatic nitrogens is 5. The van der Waals surface area contributed by atoms with Crippen molar-refractivity contribution < 1.29 is 31.4 Å². The van der Waals surface area contributed by atoms with Gasteiger partial charge in [-0.25, -0.2) is 0 Å². The van der Waals surface area contributed by atoms with E-state index in [4.69, 9.17) is 0 Å².